The van der Waals surface area contributed by atoms with Crippen LogP contribution in [0.5, 0.6) is 0 Å². The number of anilines is 1. The van der Waals surface area contributed by atoms with Gasteiger partial charge in [0, 0.05) is 18.0 Å². The van der Waals surface area contributed by atoms with Gasteiger partial charge in [-0.3, -0.25) is 9.48 Å². The lowest BCUT2D eigenvalue weighted by atomic mass is 9.94. The molecule has 7 nitrogen and oxygen atoms in total. The number of amides is 1. The Hall–Kier alpha value is -2.48. The molecule has 0 saturated carbocycles. The zero-order valence-electron chi connectivity index (χ0n) is 13.3. The number of fused-ring (bicyclic) bond motifs is 2. The number of carbonyl (C=O) groups excluding carboxylic acids is 1. The second kappa shape index (κ2) is 5.86. The summed E-state index contributed by atoms with van der Waals surface area (Å²) in [6, 6.07) is 2.11. The summed E-state index contributed by atoms with van der Waals surface area (Å²) >= 11 is 1.67. The minimum atomic E-state index is -0.406. The normalized spacial score (nSPS) is 17.0. The third kappa shape index (κ3) is 2.62. The van der Waals surface area contributed by atoms with Gasteiger partial charge in [-0.2, -0.15) is 5.10 Å². The first kappa shape index (κ1) is 15.1. The molecule has 0 spiro atoms. The van der Waals surface area contributed by atoms with Gasteiger partial charge in [0.15, 0.2) is 0 Å². The van der Waals surface area contributed by atoms with Crippen LogP contribution in [0.3, 0.4) is 0 Å². The molecule has 1 aliphatic heterocycles. The molecule has 0 fully saturated rings. The highest BCUT2D eigenvalue weighted by Gasteiger charge is 2.24. The molecule has 124 valence electrons. The maximum atomic E-state index is 11.5. The Labute approximate surface area is 142 Å². The lowest BCUT2D eigenvalue weighted by Crippen LogP contribution is -2.27. The lowest BCUT2D eigenvalue weighted by molar-refractivity contribution is 0.0998. The van der Waals surface area contributed by atoms with Crippen molar-refractivity contribution < 1.29 is 4.79 Å². The third-order valence-electron chi connectivity index (χ3n) is 4.46. The standard InChI is InChI=1S/C16H18N6OS/c1-9-4-11-15(19-8-20-16(11)24-9)18-6-10-2-3-22-13(5-10)12(7-21-22)14(17)23/h4,7-8,10H,2-3,5-6H2,1H3,(H2,17,23)(H,18,19,20)/t10-/m1/s1. The zero-order chi connectivity index (χ0) is 16.7. The number of nitrogens with one attached hydrogen (secondary N) is 1. The Morgan fingerprint density at radius 1 is 1.50 bits per heavy atom. The number of aryl methyl sites for hydroxylation is 2. The molecule has 8 heteroatoms. The highest BCUT2D eigenvalue weighted by atomic mass is 32.1. The minimum Gasteiger partial charge on any atom is -0.369 e. The summed E-state index contributed by atoms with van der Waals surface area (Å²) in [6.45, 7) is 3.68. The van der Waals surface area contributed by atoms with E-state index < -0.39 is 5.91 Å². The third-order valence-corrected chi connectivity index (χ3v) is 5.41. The van der Waals surface area contributed by atoms with Crippen LogP contribution in [0.2, 0.25) is 0 Å². The summed E-state index contributed by atoms with van der Waals surface area (Å²) in [5, 5.41) is 8.77. The van der Waals surface area contributed by atoms with E-state index in [0.717, 1.165) is 47.7 Å². The number of nitrogens with two attached hydrogens (primary N) is 1. The average Bonchev–Trinajstić information content (AvgIpc) is 3.14. The molecule has 0 bridgehead atoms. The summed E-state index contributed by atoms with van der Waals surface area (Å²) in [6.07, 6.45) is 4.98. The van der Waals surface area contributed by atoms with Crippen molar-refractivity contribution >= 4 is 33.3 Å². The highest BCUT2D eigenvalue weighted by molar-refractivity contribution is 7.18. The molecule has 0 radical (unpaired) electrons. The number of rotatable bonds is 4. The summed E-state index contributed by atoms with van der Waals surface area (Å²) in [7, 11) is 0. The fourth-order valence-corrected chi connectivity index (χ4v) is 4.08. The summed E-state index contributed by atoms with van der Waals surface area (Å²) < 4.78 is 1.89. The number of hydrogen-bond acceptors (Lipinski definition) is 6. The first-order chi connectivity index (χ1) is 11.6. The van der Waals surface area contributed by atoms with Gasteiger partial charge < -0.3 is 11.1 Å². The van der Waals surface area contributed by atoms with Crippen molar-refractivity contribution in [3.8, 4) is 0 Å². The molecule has 0 aliphatic carbocycles. The van der Waals surface area contributed by atoms with Gasteiger partial charge in [0.25, 0.3) is 5.91 Å². The zero-order valence-corrected chi connectivity index (χ0v) is 14.1. The predicted molar refractivity (Wildman–Crippen MR) is 93.2 cm³/mol. The Balaban J connectivity index is 1.50. The van der Waals surface area contributed by atoms with Gasteiger partial charge in [-0.05, 0) is 31.7 Å². The van der Waals surface area contributed by atoms with Crippen LogP contribution in [0.1, 0.15) is 27.3 Å². The Morgan fingerprint density at radius 2 is 2.38 bits per heavy atom. The fourth-order valence-electron chi connectivity index (χ4n) is 3.24. The summed E-state index contributed by atoms with van der Waals surface area (Å²) in [5.74, 6) is 0.881. The smallest absolute Gasteiger partial charge is 0.252 e. The lowest BCUT2D eigenvalue weighted by Gasteiger charge is -2.24. The topological polar surface area (TPSA) is 98.7 Å². The molecule has 4 rings (SSSR count). The van der Waals surface area contributed by atoms with Crippen LogP contribution >= 0.6 is 11.3 Å². The quantitative estimate of drug-likeness (QED) is 0.755. The Kier molecular flexibility index (Phi) is 3.68. The monoisotopic (exact) mass is 342 g/mol. The van der Waals surface area contributed by atoms with Crippen LogP contribution in [0, 0.1) is 12.8 Å². The molecular weight excluding hydrogens is 324 g/mol. The van der Waals surface area contributed by atoms with E-state index in [4.69, 9.17) is 5.73 Å². The summed E-state index contributed by atoms with van der Waals surface area (Å²) in [5.41, 5.74) is 6.92. The van der Waals surface area contributed by atoms with Crippen molar-refractivity contribution in [2.75, 3.05) is 11.9 Å². The maximum absolute atomic E-state index is 11.5. The van der Waals surface area contributed by atoms with Gasteiger partial charge in [-0.25, -0.2) is 9.97 Å². The Morgan fingerprint density at radius 3 is 3.21 bits per heavy atom. The molecule has 0 aromatic carbocycles. The van der Waals surface area contributed by atoms with Crippen molar-refractivity contribution in [3.05, 3.63) is 34.7 Å². The van der Waals surface area contributed by atoms with Gasteiger partial charge in [-0.15, -0.1) is 11.3 Å². The number of carbonyl (C=O) groups is 1. The fraction of sp³-hybridized carbons (Fsp3) is 0.375. The van der Waals surface area contributed by atoms with E-state index in [-0.39, 0.29) is 0 Å². The van der Waals surface area contributed by atoms with E-state index >= 15 is 0 Å². The van der Waals surface area contributed by atoms with Crippen molar-refractivity contribution in [2.24, 2.45) is 11.7 Å². The molecular formula is C16H18N6OS. The first-order valence-corrected chi connectivity index (χ1v) is 8.73. The van der Waals surface area contributed by atoms with Crippen molar-refractivity contribution in [1.82, 2.24) is 19.7 Å². The Bertz CT molecular complexity index is 915. The maximum Gasteiger partial charge on any atom is 0.252 e. The van der Waals surface area contributed by atoms with Gasteiger partial charge >= 0.3 is 0 Å². The van der Waals surface area contributed by atoms with E-state index in [9.17, 15) is 4.79 Å². The van der Waals surface area contributed by atoms with Crippen LogP contribution in [-0.4, -0.2) is 32.2 Å². The average molecular weight is 342 g/mol. The SMILES string of the molecule is Cc1cc2c(NC[C@@H]3CCn4ncc(C(N)=O)c4C3)ncnc2s1. The van der Waals surface area contributed by atoms with Crippen LogP contribution < -0.4 is 11.1 Å². The van der Waals surface area contributed by atoms with E-state index in [1.54, 1.807) is 23.9 Å². The molecule has 1 aliphatic rings. The molecule has 3 aromatic rings. The number of nitrogens with zero attached hydrogens (tertiary/aromatic N) is 4. The van der Waals surface area contributed by atoms with Crippen LogP contribution in [0.25, 0.3) is 10.2 Å². The molecule has 1 amide bonds. The summed E-state index contributed by atoms with van der Waals surface area (Å²) in [4.78, 5) is 22.4. The van der Waals surface area contributed by atoms with Crippen LogP contribution in [-0.2, 0) is 13.0 Å². The second-order valence-corrected chi connectivity index (χ2v) is 7.36. The molecule has 0 saturated heterocycles. The first-order valence-electron chi connectivity index (χ1n) is 7.91. The number of hydrogen-bond donors (Lipinski definition) is 2. The van der Waals surface area contributed by atoms with Gasteiger partial charge in [0.05, 0.1) is 22.8 Å². The predicted octanol–water partition coefficient (Wildman–Crippen LogP) is 1.97. The van der Waals surface area contributed by atoms with Gasteiger partial charge in [0.2, 0.25) is 0 Å². The minimum absolute atomic E-state index is 0.406. The number of thiophene rings is 1. The second-order valence-electron chi connectivity index (χ2n) is 6.13. The highest BCUT2D eigenvalue weighted by Crippen LogP contribution is 2.28. The van der Waals surface area contributed by atoms with E-state index in [0.29, 0.717) is 11.5 Å². The molecule has 3 aromatic heterocycles. The largest absolute Gasteiger partial charge is 0.369 e. The van der Waals surface area contributed by atoms with E-state index in [1.165, 1.54) is 4.88 Å². The van der Waals surface area contributed by atoms with Crippen LogP contribution in [0.15, 0.2) is 18.6 Å². The molecule has 24 heavy (non-hydrogen) atoms. The molecule has 4 heterocycles. The molecule has 3 N–H and O–H groups in total. The van der Waals surface area contributed by atoms with Gasteiger partial charge in [0.1, 0.15) is 17.0 Å². The van der Waals surface area contributed by atoms with Crippen LogP contribution in [0.4, 0.5) is 5.82 Å². The van der Waals surface area contributed by atoms with Crippen molar-refractivity contribution in [1.29, 1.82) is 0 Å². The molecule has 0 unspecified atom stereocenters. The molecule has 1 atom stereocenters. The van der Waals surface area contributed by atoms with E-state index in [2.05, 4.69) is 33.4 Å². The van der Waals surface area contributed by atoms with Gasteiger partial charge in [-0.1, -0.05) is 0 Å². The number of aromatic nitrogens is 4. The van der Waals surface area contributed by atoms with E-state index in [1.807, 2.05) is 4.68 Å². The van der Waals surface area contributed by atoms with Crippen molar-refractivity contribution in [2.45, 2.75) is 26.3 Å². The van der Waals surface area contributed by atoms with Crippen molar-refractivity contribution in [3.63, 3.8) is 0 Å². The number of primary amides is 1.